The number of fused-ring (bicyclic) bond motifs is 1. The number of rotatable bonds is 2. The number of nitrogens with zero attached hydrogens (tertiary/aromatic N) is 3. The Morgan fingerprint density at radius 3 is 2.90 bits per heavy atom. The van der Waals surface area contributed by atoms with Crippen molar-refractivity contribution in [3.63, 3.8) is 0 Å². The summed E-state index contributed by atoms with van der Waals surface area (Å²) in [5, 5.41) is 2.01. The number of hydrogen-bond donors (Lipinski definition) is 1. The second-order valence-corrected chi connectivity index (χ2v) is 5.11. The van der Waals surface area contributed by atoms with Crippen LogP contribution in [-0.2, 0) is 0 Å². The van der Waals surface area contributed by atoms with Gasteiger partial charge in [0.1, 0.15) is 11.5 Å². The molecule has 0 aliphatic rings. The molecular weight excluding hydrogens is 272 g/mol. The monoisotopic (exact) mass is 282 g/mol. The third-order valence-corrected chi connectivity index (χ3v) is 3.91. The molecule has 20 heavy (non-hydrogen) atoms. The molecule has 4 rings (SSSR count). The van der Waals surface area contributed by atoms with Crippen molar-refractivity contribution in [3.8, 4) is 22.8 Å². The number of anilines is 1. The van der Waals surface area contributed by atoms with Crippen molar-refractivity contribution in [2.24, 2.45) is 0 Å². The van der Waals surface area contributed by atoms with Gasteiger partial charge in [-0.15, -0.1) is 11.3 Å². The molecule has 0 spiro atoms. The average molecular weight is 282 g/mol. The van der Waals surface area contributed by atoms with Crippen molar-refractivity contribution in [2.75, 3.05) is 5.73 Å². The maximum Gasteiger partial charge on any atom is 0.196 e. The third kappa shape index (κ3) is 1.55. The Bertz CT molecular complexity index is 862. The molecule has 0 saturated heterocycles. The molecule has 0 bridgehead atoms. The van der Waals surface area contributed by atoms with Crippen molar-refractivity contribution in [1.29, 1.82) is 0 Å². The van der Waals surface area contributed by atoms with E-state index in [9.17, 15) is 0 Å². The summed E-state index contributed by atoms with van der Waals surface area (Å²) < 4.78 is 7.29. The van der Waals surface area contributed by atoms with E-state index in [1.165, 1.54) is 11.3 Å². The molecule has 2 N–H and O–H groups in total. The van der Waals surface area contributed by atoms with Crippen molar-refractivity contribution in [3.05, 3.63) is 48.2 Å². The highest BCUT2D eigenvalue weighted by Crippen LogP contribution is 2.33. The molecule has 0 saturated carbocycles. The second-order valence-electron chi connectivity index (χ2n) is 4.28. The normalized spacial score (nSPS) is 11.2. The summed E-state index contributed by atoms with van der Waals surface area (Å²) in [7, 11) is 0. The molecular formula is C14H10N4OS. The summed E-state index contributed by atoms with van der Waals surface area (Å²) >= 11 is 1.53. The lowest BCUT2D eigenvalue weighted by Crippen LogP contribution is -1.95. The summed E-state index contributed by atoms with van der Waals surface area (Å²) in [5.41, 5.74) is 8.71. The van der Waals surface area contributed by atoms with Crippen LogP contribution in [0.15, 0.2) is 52.6 Å². The quantitative estimate of drug-likeness (QED) is 0.612. The molecule has 6 heteroatoms. The minimum Gasteiger partial charge on any atom is -0.463 e. The maximum absolute atomic E-state index is 6.23. The van der Waals surface area contributed by atoms with Gasteiger partial charge in [0.15, 0.2) is 10.7 Å². The summed E-state index contributed by atoms with van der Waals surface area (Å²) in [6, 6.07) is 9.46. The van der Waals surface area contributed by atoms with Gasteiger partial charge in [-0.25, -0.2) is 4.98 Å². The first-order chi connectivity index (χ1) is 9.84. The van der Waals surface area contributed by atoms with Gasteiger partial charge in [0.25, 0.3) is 0 Å². The van der Waals surface area contributed by atoms with E-state index in [1.54, 1.807) is 12.5 Å². The standard InChI is InChI=1S/C14H10N4OS/c15-13-12(11-5-3-7-19-11)17-14-18(13)10(8-20-14)9-4-1-2-6-16-9/h1-8H,15H2. The number of aromatic nitrogens is 3. The lowest BCUT2D eigenvalue weighted by molar-refractivity contribution is 0.581. The molecule has 0 unspecified atom stereocenters. The zero-order valence-corrected chi connectivity index (χ0v) is 11.2. The largest absolute Gasteiger partial charge is 0.463 e. The molecule has 5 nitrogen and oxygen atoms in total. The molecule has 0 amide bonds. The van der Waals surface area contributed by atoms with Crippen LogP contribution in [0.4, 0.5) is 5.82 Å². The fourth-order valence-electron chi connectivity index (χ4n) is 2.17. The zero-order chi connectivity index (χ0) is 13.5. The van der Waals surface area contributed by atoms with Crippen LogP contribution >= 0.6 is 11.3 Å². The Labute approximate surface area is 118 Å². The van der Waals surface area contributed by atoms with Gasteiger partial charge >= 0.3 is 0 Å². The molecule has 98 valence electrons. The molecule has 0 atom stereocenters. The van der Waals surface area contributed by atoms with Crippen LogP contribution in [0.5, 0.6) is 0 Å². The number of thiazole rings is 1. The molecule has 0 aliphatic heterocycles. The van der Waals surface area contributed by atoms with Gasteiger partial charge in [0, 0.05) is 11.6 Å². The van der Waals surface area contributed by atoms with E-state index in [4.69, 9.17) is 10.2 Å². The first-order valence-electron chi connectivity index (χ1n) is 6.05. The number of imidazole rings is 1. The Hall–Kier alpha value is -2.60. The van der Waals surface area contributed by atoms with Crippen molar-refractivity contribution in [2.45, 2.75) is 0 Å². The fraction of sp³-hybridized carbons (Fsp3) is 0. The minimum atomic E-state index is 0.567. The SMILES string of the molecule is Nc1c(-c2ccco2)nc2scc(-c3ccccn3)n12. The number of nitrogen functional groups attached to an aromatic ring is 1. The van der Waals surface area contributed by atoms with Crippen molar-refractivity contribution < 1.29 is 4.42 Å². The molecule has 4 aromatic rings. The van der Waals surface area contributed by atoms with E-state index in [0.29, 0.717) is 17.3 Å². The molecule has 4 heterocycles. The average Bonchev–Trinajstić information content (AvgIpc) is 3.18. The van der Waals surface area contributed by atoms with Gasteiger partial charge < -0.3 is 10.2 Å². The topological polar surface area (TPSA) is 69.3 Å². The highest BCUT2D eigenvalue weighted by molar-refractivity contribution is 7.15. The molecule has 0 radical (unpaired) electrons. The molecule has 0 aliphatic carbocycles. The minimum absolute atomic E-state index is 0.567. The Morgan fingerprint density at radius 1 is 1.20 bits per heavy atom. The van der Waals surface area contributed by atoms with Crippen LogP contribution in [0.2, 0.25) is 0 Å². The Balaban J connectivity index is 1.97. The summed E-state index contributed by atoms with van der Waals surface area (Å²) in [4.78, 5) is 9.73. The summed E-state index contributed by atoms with van der Waals surface area (Å²) in [6.07, 6.45) is 3.38. The lowest BCUT2D eigenvalue weighted by Gasteiger charge is -2.00. The van der Waals surface area contributed by atoms with Crippen LogP contribution in [0, 0.1) is 0 Å². The number of pyridine rings is 1. The number of hydrogen-bond acceptors (Lipinski definition) is 5. The van der Waals surface area contributed by atoms with Gasteiger partial charge in [-0.2, -0.15) is 0 Å². The third-order valence-electron chi connectivity index (χ3n) is 3.08. The van der Waals surface area contributed by atoms with Crippen LogP contribution < -0.4 is 5.73 Å². The first kappa shape index (κ1) is 11.2. The summed E-state index contributed by atoms with van der Waals surface area (Å²) in [6.45, 7) is 0. The van der Waals surface area contributed by atoms with Crippen LogP contribution in [0.3, 0.4) is 0 Å². The van der Waals surface area contributed by atoms with Crippen LogP contribution in [-0.4, -0.2) is 14.4 Å². The van der Waals surface area contributed by atoms with Crippen LogP contribution in [0.1, 0.15) is 0 Å². The van der Waals surface area contributed by atoms with Gasteiger partial charge in [0.2, 0.25) is 0 Å². The van der Waals surface area contributed by atoms with E-state index in [0.717, 1.165) is 16.3 Å². The second kappa shape index (κ2) is 4.21. The fourth-order valence-corrected chi connectivity index (χ4v) is 3.06. The number of nitrogens with two attached hydrogens (primary N) is 1. The highest BCUT2D eigenvalue weighted by Gasteiger charge is 2.18. The maximum atomic E-state index is 6.23. The Morgan fingerprint density at radius 2 is 2.15 bits per heavy atom. The van der Waals surface area contributed by atoms with Crippen LogP contribution in [0.25, 0.3) is 27.8 Å². The predicted octanol–water partition coefficient (Wildman–Crippen LogP) is 3.30. The predicted molar refractivity (Wildman–Crippen MR) is 78.4 cm³/mol. The Kier molecular flexibility index (Phi) is 2.37. The smallest absolute Gasteiger partial charge is 0.196 e. The molecule has 0 aromatic carbocycles. The van der Waals surface area contributed by atoms with Gasteiger partial charge in [-0.3, -0.25) is 9.38 Å². The first-order valence-corrected chi connectivity index (χ1v) is 6.93. The van der Waals surface area contributed by atoms with Gasteiger partial charge in [-0.05, 0) is 24.3 Å². The van der Waals surface area contributed by atoms with E-state index >= 15 is 0 Å². The van der Waals surface area contributed by atoms with Gasteiger partial charge in [0.05, 0.1) is 17.7 Å². The lowest BCUT2D eigenvalue weighted by atomic mass is 10.3. The van der Waals surface area contributed by atoms with Gasteiger partial charge in [-0.1, -0.05) is 6.07 Å². The van der Waals surface area contributed by atoms with Crippen molar-refractivity contribution in [1.82, 2.24) is 14.4 Å². The van der Waals surface area contributed by atoms with E-state index in [1.807, 2.05) is 40.1 Å². The zero-order valence-electron chi connectivity index (χ0n) is 10.4. The molecule has 4 aromatic heterocycles. The van der Waals surface area contributed by atoms with E-state index in [-0.39, 0.29) is 0 Å². The highest BCUT2D eigenvalue weighted by atomic mass is 32.1. The van der Waals surface area contributed by atoms with E-state index < -0.39 is 0 Å². The van der Waals surface area contributed by atoms with Crippen molar-refractivity contribution >= 4 is 22.1 Å². The number of furan rings is 1. The van der Waals surface area contributed by atoms with E-state index in [2.05, 4.69) is 9.97 Å². The summed E-state index contributed by atoms with van der Waals surface area (Å²) in [5.74, 6) is 1.24. The molecule has 0 fully saturated rings.